The van der Waals surface area contributed by atoms with E-state index in [4.69, 9.17) is 10.5 Å². The van der Waals surface area contributed by atoms with Gasteiger partial charge in [-0.2, -0.15) is 0 Å². The van der Waals surface area contributed by atoms with Gasteiger partial charge >= 0.3 is 0 Å². The maximum absolute atomic E-state index is 13.3. The Bertz CT molecular complexity index is 455. The molecule has 1 aromatic carbocycles. The van der Waals surface area contributed by atoms with Crippen molar-refractivity contribution in [2.45, 2.75) is 38.5 Å². The van der Waals surface area contributed by atoms with E-state index in [1.165, 1.54) is 12.1 Å². The Balaban J connectivity index is 2.00. The van der Waals surface area contributed by atoms with E-state index in [2.05, 4.69) is 34.7 Å². The van der Waals surface area contributed by atoms with Gasteiger partial charge in [0.05, 0.1) is 12.7 Å². The van der Waals surface area contributed by atoms with E-state index in [0.717, 1.165) is 23.1 Å². The SMILES string of the molecule is CC(C)N1CCOC(C(N)Cc2cc(F)ccc2Br)C1. The molecule has 0 amide bonds. The molecular weight excluding hydrogens is 323 g/mol. The molecule has 0 radical (unpaired) electrons. The molecule has 1 fully saturated rings. The van der Waals surface area contributed by atoms with Crippen molar-refractivity contribution in [2.75, 3.05) is 19.7 Å². The summed E-state index contributed by atoms with van der Waals surface area (Å²) in [4.78, 5) is 2.37. The molecule has 2 rings (SSSR count). The largest absolute Gasteiger partial charge is 0.374 e. The smallest absolute Gasteiger partial charge is 0.123 e. The fourth-order valence-electron chi connectivity index (χ4n) is 2.51. The molecule has 1 aliphatic rings. The van der Waals surface area contributed by atoms with Gasteiger partial charge < -0.3 is 10.5 Å². The maximum atomic E-state index is 13.3. The second kappa shape index (κ2) is 6.98. The summed E-state index contributed by atoms with van der Waals surface area (Å²) < 4.78 is 20.0. The topological polar surface area (TPSA) is 38.5 Å². The predicted octanol–water partition coefficient (Wildman–Crippen LogP) is 2.57. The first-order chi connectivity index (χ1) is 9.47. The van der Waals surface area contributed by atoms with Gasteiger partial charge in [0.25, 0.3) is 0 Å². The van der Waals surface area contributed by atoms with E-state index in [1.807, 2.05) is 0 Å². The van der Waals surface area contributed by atoms with Gasteiger partial charge in [0.2, 0.25) is 0 Å². The van der Waals surface area contributed by atoms with Crippen molar-refractivity contribution in [3.05, 3.63) is 34.1 Å². The monoisotopic (exact) mass is 344 g/mol. The third-order valence-corrected chi connectivity index (χ3v) is 4.57. The van der Waals surface area contributed by atoms with Crippen molar-refractivity contribution >= 4 is 15.9 Å². The minimum Gasteiger partial charge on any atom is -0.374 e. The lowest BCUT2D eigenvalue weighted by Gasteiger charge is -2.38. The second-order valence-electron chi connectivity index (χ2n) is 5.60. The Morgan fingerprint density at radius 2 is 2.25 bits per heavy atom. The van der Waals surface area contributed by atoms with E-state index in [1.54, 1.807) is 6.07 Å². The Morgan fingerprint density at radius 1 is 1.50 bits per heavy atom. The summed E-state index contributed by atoms with van der Waals surface area (Å²) >= 11 is 3.44. The quantitative estimate of drug-likeness (QED) is 0.912. The summed E-state index contributed by atoms with van der Waals surface area (Å²) in [5.41, 5.74) is 7.16. The highest BCUT2D eigenvalue weighted by Crippen LogP contribution is 2.21. The third kappa shape index (κ3) is 4.01. The lowest BCUT2D eigenvalue weighted by atomic mass is 10.0. The normalized spacial score (nSPS) is 22.2. The summed E-state index contributed by atoms with van der Waals surface area (Å²) in [6.07, 6.45) is 0.607. The van der Waals surface area contributed by atoms with Crippen LogP contribution in [0.4, 0.5) is 4.39 Å². The zero-order chi connectivity index (χ0) is 14.7. The Hall–Kier alpha value is -0.490. The van der Waals surface area contributed by atoms with Gasteiger partial charge in [0.15, 0.2) is 0 Å². The molecule has 2 unspecified atom stereocenters. The van der Waals surface area contributed by atoms with Gasteiger partial charge in [0.1, 0.15) is 5.82 Å². The van der Waals surface area contributed by atoms with E-state index in [-0.39, 0.29) is 18.0 Å². The van der Waals surface area contributed by atoms with Crippen LogP contribution in [-0.2, 0) is 11.2 Å². The maximum Gasteiger partial charge on any atom is 0.123 e. The second-order valence-corrected chi connectivity index (χ2v) is 6.46. The highest BCUT2D eigenvalue weighted by atomic mass is 79.9. The van der Waals surface area contributed by atoms with Crippen LogP contribution in [0.3, 0.4) is 0 Å². The number of rotatable bonds is 4. The van der Waals surface area contributed by atoms with Gasteiger partial charge in [-0.1, -0.05) is 15.9 Å². The Kier molecular flexibility index (Phi) is 5.55. The molecule has 1 heterocycles. The van der Waals surface area contributed by atoms with Crippen LogP contribution in [0.15, 0.2) is 22.7 Å². The van der Waals surface area contributed by atoms with Crippen LogP contribution in [0.1, 0.15) is 19.4 Å². The van der Waals surface area contributed by atoms with Gasteiger partial charge in [-0.3, -0.25) is 4.90 Å². The first-order valence-corrected chi connectivity index (χ1v) is 7.82. The van der Waals surface area contributed by atoms with Crippen LogP contribution in [0.2, 0.25) is 0 Å². The van der Waals surface area contributed by atoms with Crippen molar-refractivity contribution < 1.29 is 9.13 Å². The fourth-order valence-corrected chi connectivity index (χ4v) is 2.92. The minimum atomic E-state index is -0.233. The van der Waals surface area contributed by atoms with E-state index in [9.17, 15) is 4.39 Å². The number of ether oxygens (including phenoxy) is 1. The minimum absolute atomic E-state index is 0.00122. The molecule has 1 saturated heterocycles. The van der Waals surface area contributed by atoms with Gasteiger partial charge in [0, 0.05) is 29.6 Å². The zero-order valence-electron chi connectivity index (χ0n) is 12.0. The summed E-state index contributed by atoms with van der Waals surface area (Å²) in [7, 11) is 0. The lowest BCUT2D eigenvalue weighted by molar-refractivity contribution is -0.0495. The van der Waals surface area contributed by atoms with Crippen LogP contribution < -0.4 is 5.73 Å². The molecule has 5 heteroatoms. The summed E-state index contributed by atoms with van der Waals surface area (Å²) in [5.74, 6) is -0.233. The average Bonchev–Trinajstić information content (AvgIpc) is 2.43. The first kappa shape index (κ1) is 15.9. The average molecular weight is 345 g/mol. The summed E-state index contributed by atoms with van der Waals surface area (Å²) in [6.45, 7) is 6.85. The van der Waals surface area contributed by atoms with Crippen molar-refractivity contribution in [1.29, 1.82) is 0 Å². The number of nitrogens with two attached hydrogens (primary N) is 1. The molecule has 20 heavy (non-hydrogen) atoms. The highest BCUT2D eigenvalue weighted by Gasteiger charge is 2.27. The highest BCUT2D eigenvalue weighted by molar-refractivity contribution is 9.10. The number of nitrogens with zero attached hydrogens (tertiary/aromatic N) is 1. The van der Waals surface area contributed by atoms with Gasteiger partial charge in [-0.05, 0) is 44.0 Å². The molecule has 112 valence electrons. The van der Waals surface area contributed by atoms with Crippen LogP contribution in [0, 0.1) is 5.82 Å². The fraction of sp³-hybridized carbons (Fsp3) is 0.600. The number of hydrogen-bond acceptors (Lipinski definition) is 3. The molecule has 0 aromatic heterocycles. The van der Waals surface area contributed by atoms with E-state index < -0.39 is 0 Å². The van der Waals surface area contributed by atoms with Crippen molar-refractivity contribution in [3.8, 4) is 0 Å². The third-order valence-electron chi connectivity index (χ3n) is 3.80. The van der Waals surface area contributed by atoms with Crippen LogP contribution in [0.25, 0.3) is 0 Å². The van der Waals surface area contributed by atoms with E-state index >= 15 is 0 Å². The Morgan fingerprint density at radius 3 is 2.95 bits per heavy atom. The number of morpholine rings is 1. The first-order valence-electron chi connectivity index (χ1n) is 7.02. The summed E-state index contributed by atoms with van der Waals surface area (Å²) in [5, 5.41) is 0. The van der Waals surface area contributed by atoms with Crippen LogP contribution >= 0.6 is 15.9 Å². The standard InChI is InChI=1S/C15H22BrFN2O/c1-10(2)19-5-6-20-15(9-19)14(18)8-11-7-12(17)3-4-13(11)16/h3-4,7,10,14-15H,5-6,8-9,18H2,1-2H3. The zero-order valence-corrected chi connectivity index (χ0v) is 13.6. The van der Waals surface area contributed by atoms with Crippen molar-refractivity contribution in [3.63, 3.8) is 0 Å². The number of hydrogen-bond donors (Lipinski definition) is 1. The molecule has 1 aromatic rings. The molecule has 2 atom stereocenters. The molecule has 0 spiro atoms. The van der Waals surface area contributed by atoms with Crippen LogP contribution in [-0.4, -0.2) is 42.8 Å². The van der Waals surface area contributed by atoms with Crippen molar-refractivity contribution in [1.82, 2.24) is 4.90 Å². The predicted molar refractivity (Wildman–Crippen MR) is 82.2 cm³/mol. The Labute approximate surface area is 128 Å². The molecule has 0 bridgehead atoms. The number of halogens is 2. The van der Waals surface area contributed by atoms with Gasteiger partial charge in [-0.15, -0.1) is 0 Å². The van der Waals surface area contributed by atoms with Crippen LogP contribution in [0.5, 0.6) is 0 Å². The van der Waals surface area contributed by atoms with Gasteiger partial charge in [-0.25, -0.2) is 4.39 Å². The molecule has 1 aliphatic heterocycles. The summed E-state index contributed by atoms with van der Waals surface area (Å²) in [6, 6.07) is 5.06. The molecule has 3 nitrogen and oxygen atoms in total. The number of benzene rings is 1. The molecule has 2 N–H and O–H groups in total. The molecular formula is C15H22BrFN2O. The molecule has 0 saturated carbocycles. The van der Waals surface area contributed by atoms with E-state index in [0.29, 0.717) is 19.1 Å². The lowest BCUT2D eigenvalue weighted by Crippen LogP contribution is -2.53. The van der Waals surface area contributed by atoms with Crippen molar-refractivity contribution in [2.24, 2.45) is 5.73 Å². The molecule has 0 aliphatic carbocycles.